The lowest BCUT2D eigenvalue weighted by Gasteiger charge is -2.27. The third-order valence-electron chi connectivity index (χ3n) is 4.52. The van der Waals surface area contributed by atoms with Crippen molar-refractivity contribution in [3.8, 4) is 0 Å². The van der Waals surface area contributed by atoms with Gasteiger partial charge in [-0.3, -0.25) is 4.79 Å². The number of pyridine rings is 1. The number of hydrogen-bond acceptors (Lipinski definition) is 4. The van der Waals surface area contributed by atoms with Gasteiger partial charge < -0.3 is 19.5 Å². The van der Waals surface area contributed by atoms with E-state index in [1.165, 1.54) is 12.1 Å². The summed E-state index contributed by atoms with van der Waals surface area (Å²) in [6.45, 7) is 2.26. The number of rotatable bonds is 3. The van der Waals surface area contributed by atoms with Crippen LogP contribution in [0.3, 0.4) is 0 Å². The summed E-state index contributed by atoms with van der Waals surface area (Å²) < 4.78 is 20.7. The van der Waals surface area contributed by atoms with Crippen molar-refractivity contribution in [2.24, 2.45) is 7.05 Å². The van der Waals surface area contributed by atoms with Crippen molar-refractivity contribution in [2.45, 2.75) is 0 Å². The highest BCUT2D eigenvalue weighted by atomic mass is 35.5. The summed E-state index contributed by atoms with van der Waals surface area (Å²) in [5.74, 6) is 0.216. The number of fused-ring (bicyclic) bond motifs is 1. The standard InChI is InChI=1S/C19H19FN4O2.ClH/c1-23-6-5-15-17(23)16(19(25)24-7-9-26-10-8-24)12-21-18(15)22-14-4-2-3-13(20)11-14;/h2-6,11-12H,7-10H2,1H3,(H,21,22);1H. The van der Waals surface area contributed by atoms with Gasteiger partial charge in [0.25, 0.3) is 5.91 Å². The highest BCUT2D eigenvalue weighted by molar-refractivity contribution is 6.08. The molecule has 1 amide bonds. The van der Waals surface area contributed by atoms with Crippen LogP contribution in [0.2, 0.25) is 0 Å². The Kier molecular flexibility index (Phi) is 5.62. The number of aromatic nitrogens is 2. The van der Waals surface area contributed by atoms with E-state index in [1.54, 1.807) is 23.2 Å². The number of halogens is 2. The normalized spacial score (nSPS) is 14.1. The minimum Gasteiger partial charge on any atom is -0.378 e. The number of morpholine rings is 1. The predicted octanol–water partition coefficient (Wildman–Crippen LogP) is 3.35. The van der Waals surface area contributed by atoms with Gasteiger partial charge in [0, 0.05) is 43.6 Å². The van der Waals surface area contributed by atoms with Crippen molar-refractivity contribution < 1.29 is 13.9 Å². The molecule has 1 aliphatic rings. The molecule has 1 fully saturated rings. The number of benzene rings is 1. The summed E-state index contributed by atoms with van der Waals surface area (Å²) in [6.07, 6.45) is 3.47. The Morgan fingerprint density at radius 2 is 2.04 bits per heavy atom. The predicted molar refractivity (Wildman–Crippen MR) is 104 cm³/mol. The number of hydrogen-bond donors (Lipinski definition) is 1. The third kappa shape index (κ3) is 3.74. The van der Waals surface area contributed by atoms with Gasteiger partial charge in [0.2, 0.25) is 0 Å². The van der Waals surface area contributed by atoms with Gasteiger partial charge in [-0.15, -0.1) is 12.4 Å². The molecule has 0 atom stereocenters. The Morgan fingerprint density at radius 1 is 1.26 bits per heavy atom. The van der Waals surface area contributed by atoms with Gasteiger partial charge in [-0.05, 0) is 24.3 Å². The number of carbonyl (C=O) groups excluding carboxylic acids is 1. The minimum atomic E-state index is -0.321. The highest BCUT2D eigenvalue weighted by Crippen LogP contribution is 2.28. The Morgan fingerprint density at radius 3 is 2.78 bits per heavy atom. The van der Waals surface area contributed by atoms with Crippen LogP contribution >= 0.6 is 12.4 Å². The monoisotopic (exact) mass is 390 g/mol. The molecule has 0 bridgehead atoms. The summed E-state index contributed by atoms with van der Waals surface area (Å²) in [7, 11) is 1.89. The molecule has 3 aromatic rings. The van der Waals surface area contributed by atoms with Crippen molar-refractivity contribution in [1.29, 1.82) is 0 Å². The molecule has 0 aliphatic carbocycles. The van der Waals surface area contributed by atoms with Gasteiger partial charge in [0.05, 0.1) is 24.3 Å². The van der Waals surface area contributed by atoms with E-state index in [9.17, 15) is 9.18 Å². The molecule has 1 N–H and O–H groups in total. The van der Waals surface area contributed by atoms with Gasteiger partial charge in [-0.1, -0.05) is 6.07 Å². The second-order valence-corrected chi connectivity index (χ2v) is 6.25. The summed E-state index contributed by atoms with van der Waals surface area (Å²) in [5, 5.41) is 3.95. The zero-order chi connectivity index (χ0) is 18.1. The summed E-state index contributed by atoms with van der Waals surface area (Å²) in [5.41, 5.74) is 1.96. The Bertz CT molecular complexity index is 969. The van der Waals surface area contributed by atoms with Crippen LogP contribution in [0, 0.1) is 5.82 Å². The van der Waals surface area contributed by atoms with Crippen molar-refractivity contribution >= 4 is 40.7 Å². The van der Waals surface area contributed by atoms with Gasteiger partial charge in [-0.2, -0.15) is 0 Å². The molecule has 142 valence electrons. The zero-order valence-electron chi connectivity index (χ0n) is 14.8. The van der Waals surface area contributed by atoms with Crippen LogP contribution in [0.25, 0.3) is 10.9 Å². The van der Waals surface area contributed by atoms with E-state index in [2.05, 4.69) is 10.3 Å². The van der Waals surface area contributed by atoms with E-state index in [1.807, 2.05) is 23.9 Å². The fourth-order valence-corrected chi connectivity index (χ4v) is 3.21. The molecule has 8 heteroatoms. The highest BCUT2D eigenvalue weighted by Gasteiger charge is 2.23. The Labute approximate surface area is 162 Å². The van der Waals surface area contributed by atoms with Crippen LogP contribution in [-0.4, -0.2) is 46.7 Å². The molecule has 1 aromatic carbocycles. The maximum absolute atomic E-state index is 13.4. The number of aryl methyl sites for hydroxylation is 1. The SMILES string of the molecule is Cl.Cn1ccc2c(Nc3cccc(F)c3)ncc(C(=O)N3CCOCC3)c21. The summed E-state index contributed by atoms with van der Waals surface area (Å²) in [4.78, 5) is 19.1. The molecule has 0 saturated carbocycles. The van der Waals surface area contributed by atoms with Gasteiger partial charge in [0.1, 0.15) is 11.6 Å². The maximum atomic E-state index is 13.4. The van der Waals surface area contributed by atoms with Crippen LogP contribution in [-0.2, 0) is 11.8 Å². The lowest BCUT2D eigenvalue weighted by molar-refractivity contribution is 0.0303. The average molecular weight is 391 g/mol. The molecule has 6 nitrogen and oxygen atoms in total. The largest absolute Gasteiger partial charge is 0.378 e. The van der Waals surface area contributed by atoms with E-state index < -0.39 is 0 Å². The first-order valence-electron chi connectivity index (χ1n) is 8.47. The van der Waals surface area contributed by atoms with E-state index in [4.69, 9.17) is 4.74 Å². The number of nitrogens with one attached hydrogen (secondary N) is 1. The molecule has 1 saturated heterocycles. The molecular formula is C19H20ClFN4O2. The zero-order valence-corrected chi connectivity index (χ0v) is 15.6. The third-order valence-corrected chi connectivity index (χ3v) is 4.52. The van der Waals surface area contributed by atoms with Crippen molar-refractivity contribution in [2.75, 3.05) is 31.6 Å². The quantitative estimate of drug-likeness (QED) is 0.745. The minimum absolute atomic E-state index is 0. The van der Waals surface area contributed by atoms with Crippen LogP contribution in [0.15, 0.2) is 42.7 Å². The first-order valence-corrected chi connectivity index (χ1v) is 8.47. The molecule has 0 spiro atoms. The van der Waals surface area contributed by atoms with Crippen molar-refractivity contribution in [1.82, 2.24) is 14.5 Å². The van der Waals surface area contributed by atoms with Gasteiger partial charge in [-0.25, -0.2) is 9.37 Å². The molecule has 1 aliphatic heterocycles. The first kappa shape index (κ1) is 19.1. The van der Waals surface area contributed by atoms with E-state index in [0.717, 1.165) is 10.9 Å². The second kappa shape index (κ2) is 7.94. The number of carbonyl (C=O) groups is 1. The van der Waals surface area contributed by atoms with Crippen molar-refractivity contribution in [3.63, 3.8) is 0 Å². The number of ether oxygens (including phenoxy) is 1. The summed E-state index contributed by atoms with van der Waals surface area (Å²) in [6, 6.07) is 8.10. The Hall–Kier alpha value is -2.64. The van der Waals surface area contributed by atoms with Gasteiger partial charge in [0.15, 0.2) is 0 Å². The van der Waals surface area contributed by atoms with Crippen LogP contribution in [0.5, 0.6) is 0 Å². The van der Waals surface area contributed by atoms with E-state index in [-0.39, 0.29) is 24.1 Å². The molecule has 0 unspecified atom stereocenters. The van der Waals surface area contributed by atoms with Crippen LogP contribution < -0.4 is 5.32 Å². The topological polar surface area (TPSA) is 59.4 Å². The van der Waals surface area contributed by atoms with Crippen LogP contribution in [0.1, 0.15) is 10.4 Å². The first-order chi connectivity index (χ1) is 12.6. The number of nitrogens with zero attached hydrogens (tertiary/aromatic N) is 3. The molecule has 27 heavy (non-hydrogen) atoms. The second-order valence-electron chi connectivity index (χ2n) is 6.25. The number of anilines is 2. The van der Waals surface area contributed by atoms with Crippen molar-refractivity contribution in [3.05, 3.63) is 54.1 Å². The van der Waals surface area contributed by atoms with Crippen LogP contribution in [0.4, 0.5) is 15.9 Å². The van der Waals surface area contributed by atoms with E-state index in [0.29, 0.717) is 43.4 Å². The average Bonchev–Trinajstić information content (AvgIpc) is 3.05. The summed E-state index contributed by atoms with van der Waals surface area (Å²) >= 11 is 0. The molecule has 4 rings (SSSR count). The fraction of sp³-hybridized carbons (Fsp3) is 0.263. The van der Waals surface area contributed by atoms with Gasteiger partial charge >= 0.3 is 0 Å². The molecule has 2 aromatic heterocycles. The van der Waals surface area contributed by atoms with E-state index >= 15 is 0 Å². The molecule has 0 radical (unpaired) electrons. The molecule has 3 heterocycles. The fourth-order valence-electron chi connectivity index (χ4n) is 3.21. The lowest BCUT2D eigenvalue weighted by Crippen LogP contribution is -2.40. The number of amides is 1. The Balaban J connectivity index is 0.00000210. The maximum Gasteiger partial charge on any atom is 0.257 e. The smallest absolute Gasteiger partial charge is 0.257 e. The lowest BCUT2D eigenvalue weighted by atomic mass is 10.1. The molecular weight excluding hydrogens is 371 g/mol.